The lowest BCUT2D eigenvalue weighted by Crippen LogP contribution is -2.35. The molecule has 2 N–H and O–H groups in total. The zero-order chi connectivity index (χ0) is 14.1. The smallest absolute Gasteiger partial charge is 0.407 e. The molecule has 0 aliphatic heterocycles. The van der Waals surface area contributed by atoms with Crippen molar-refractivity contribution in [2.45, 2.75) is 26.3 Å². The lowest BCUT2D eigenvalue weighted by Gasteiger charge is -2.13. The fourth-order valence-electron chi connectivity index (χ4n) is 1.64. The molecule has 106 valence electrons. The van der Waals surface area contributed by atoms with Gasteiger partial charge in [0, 0.05) is 37.9 Å². The largest absolute Gasteiger partial charge is 0.450 e. The number of rotatable bonds is 7. The molecule has 19 heavy (non-hydrogen) atoms. The van der Waals surface area contributed by atoms with Crippen LogP contribution >= 0.6 is 0 Å². The fraction of sp³-hybridized carbons (Fsp3) is 0.538. The normalized spacial score (nSPS) is 11.7. The molecule has 6 nitrogen and oxygen atoms in total. The maximum atomic E-state index is 11.7. The van der Waals surface area contributed by atoms with Crippen molar-refractivity contribution in [3.63, 3.8) is 0 Å². The molecule has 0 saturated heterocycles. The molecule has 0 aliphatic carbocycles. The molecule has 0 fully saturated rings. The van der Waals surface area contributed by atoms with Crippen LogP contribution in [0.4, 0.5) is 4.79 Å². The van der Waals surface area contributed by atoms with Crippen molar-refractivity contribution in [1.82, 2.24) is 15.2 Å². The maximum absolute atomic E-state index is 11.7. The molecule has 0 saturated carbocycles. The third kappa shape index (κ3) is 5.94. The Labute approximate surface area is 113 Å². The first kappa shape index (κ1) is 15.1. The van der Waals surface area contributed by atoms with Crippen molar-refractivity contribution in [2.24, 2.45) is 0 Å². The Hall–Kier alpha value is -1.98. The number of nitrogens with one attached hydrogen (secondary N) is 2. The van der Waals surface area contributed by atoms with Gasteiger partial charge in [0.1, 0.15) is 0 Å². The van der Waals surface area contributed by atoms with E-state index in [9.17, 15) is 9.59 Å². The summed E-state index contributed by atoms with van der Waals surface area (Å²) in [7, 11) is 0. The molecule has 1 aromatic rings. The summed E-state index contributed by atoms with van der Waals surface area (Å²) < 4.78 is 6.68. The Bertz CT molecular complexity index is 390. The minimum Gasteiger partial charge on any atom is -0.450 e. The van der Waals surface area contributed by atoms with E-state index in [1.165, 1.54) is 0 Å². The van der Waals surface area contributed by atoms with Crippen LogP contribution in [0.2, 0.25) is 0 Å². The highest BCUT2D eigenvalue weighted by Crippen LogP contribution is 2.09. The SMILES string of the molecule is CCOC(=O)NCCNC(=O)CC(C)n1cccc1. The van der Waals surface area contributed by atoms with E-state index in [1.54, 1.807) is 6.92 Å². The van der Waals surface area contributed by atoms with Gasteiger partial charge in [-0.2, -0.15) is 0 Å². The van der Waals surface area contributed by atoms with E-state index in [0.717, 1.165) is 0 Å². The average molecular weight is 267 g/mol. The van der Waals surface area contributed by atoms with Gasteiger partial charge >= 0.3 is 6.09 Å². The summed E-state index contributed by atoms with van der Waals surface area (Å²) in [6, 6.07) is 3.98. The molecule has 0 bridgehead atoms. The van der Waals surface area contributed by atoms with Crippen molar-refractivity contribution < 1.29 is 14.3 Å². The van der Waals surface area contributed by atoms with E-state index < -0.39 is 6.09 Å². The van der Waals surface area contributed by atoms with E-state index >= 15 is 0 Å². The molecule has 6 heteroatoms. The van der Waals surface area contributed by atoms with Crippen molar-refractivity contribution in [2.75, 3.05) is 19.7 Å². The van der Waals surface area contributed by atoms with E-state index in [0.29, 0.717) is 26.1 Å². The van der Waals surface area contributed by atoms with Gasteiger partial charge in [0.2, 0.25) is 5.91 Å². The monoisotopic (exact) mass is 267 g/mol. The number of carbonyl (C=O) groups is 2. The van der Waals surface area contributed by atoms with E-state index in [4.69, 9.17) is 4.74 Å². The fourth-order valence-corrected chi connectivity index (χ4v) is 1.64. The molecule has 1 aromatic heterocycles. The molecule has 0 radical (unpaired) electrons. The van der Waals surface area contributed by atoms with Gasteiger partial charge in [-0.3, -0.25) is 4.79 Å². The van der Waals surface area contributed by atoms with E-state index in [-0.39, 0.29) is 11.9 Å². The highest BCUT2D eigenvalue weighted by molar-refractivity contribution is 5.76. The predicted molar refractivity (Wildman–Crippen MR) is 71.8 cm³/mol. The second-order valence-corrected chi connectivity index (χ2v) is 4.18. The number of carbonyl (C=O) groups excluding carboxylic acids is 2. The van der Waals surface area contributed by atoms with Crippen LogP contribution < -0.4 is 10.6 Å². The minimum atomic E-state index is -0.461. The van der Waals surface area contributed by atoms with Gasteiger partial charge in [0.25, 0.3) is 0 Å². The second kappa shape index (κ2) is 8.18. The number of aromatic nitrogens is 1. The van der Waals surface area contributed by atoms with Crippen LogP contribution in [0.15, 0.2) is 24.5 Å². The Morgan fingerprint density at radius 1 is 1.21 bits per heavy atom. The molecule has 1 unspecified atom stereocenters. The summed E-state index contributed by atoms with van der Waals surface area (Å²) in [5.41, 5.74) is 0. The number of amides is 2. The molecule has 0 aliphatic rings. The first-order valence-corrected chi connectivity index (χ1v) is 6.43. The second-order valence-electron chi connectivity index (χ2n) is 4.18. The van der Waals surface area contributed by atoms with E-state index in [1.807, 2.05) is 36.0 Å². The minimum absolute atomic E-state index is 0.0353. The quantitative estimate of drug-likeness (QED) is 0.731. The lowest BCUT2D eigenvalue weighted by atomic mass is 10.2. The third-order valence-corrected chi connectivity index (χ3v) is 2.61. The Morgan fingerprint density at radius 3 is 2.47 bits per heavy atom. The molecule has 2 amide bonds. The molecule has 1 atom stereocenters. The van der Waals surface area contributed by atoms with Gasteiger partial charge in [0.05, 0.1) is 6.61 Å². The first-order chi connectivity index (χ1) is 9.13. The number of hydrogen-bond donors (Lipinski definition) is 2. The molecule has 1 heterocycles. The summed E-state index contributed by atoms with van der Waals surface area (Å²) in [6.45, 7) is 4.82. The van der Waals surface area contributed by atoms with Crippen LogP contribution in [0.25, 0.3) is 0 Å². The number of hydrogen-bond acceptors (Lipinski definition) is 3. The summed E-state index contributed by atoms with van der Waals surface area (Å²) in [6.07, 6.45) is 3.81. The Morgan fingerprint density at radius 2 is 1.84 bits per heavy atom. The summed E-state index contributed by atoms with van der Waals surface area (Å²) in [5.74, 6) is -0.0353. The number of ether oxygens (including phenoxy) is 1. The van der Waals surface area contributed by atoms with Gasteiger partial charge in [-0.05, 0) is 26.0 Å². The number of alkyl carbamates (subject to hydrolysis) is 1. The molecule has 1 rings (SSSR count). The van der Waals surface area contributed by atoms with Crippen molar-refractivity contribution in [3.05, 3.63) is 24.5 Å². The van der Waals surface area contributed by atoms with Crippen molar-refractivity contribution in [1.29, 1.82) is 0 Å². The van der Waals surface area contributed by atoms with Gasteiger partial charge < -0.3 is 19.9 Å². The van der Waals surface area contributed by atoms with Crippen LogP contribution in [0.3, 0.4) is 0 Å². The van der Waals surface area contributed by atoms with Gasteiger partial charge in [-0.15, -0.1) is 0 Å². The number of nitrogens with zero attached hydrogens (tertiary/aromatic N) is 1. The summed E-state index contributed by atoms with van der Waals surface area (Å²) >= 11 is 0. The first-order valence-electron chi connectivity index (χ1n) is 6.43. The van der Waals surface area contributed by atoms with Crippen molar-refractivity contribution >= 4 is 12.0 Å². The summed E-state index contributed by atoms with van der Waals surface area (Å²) in [5, 5.41) is 5.29. The van der Waals surface area contributed by atoms with Gasteiger partial charge in [0.15, 0.2) is 0 Å². The zero-order valence-corrected chi connectivity index (χ0v) is 11.4. The maximum Gasteiger partial charge on any atom is 0.407 e. The standard InChI is InChI=1S/C13H21N3O3/c1-3-19-13(18)15-7-6-14-12(17)10-11(2)16-8-4-5-9-16/h4-5,8-9,11H,3,6-7,10H2,1-2H3,(H,14,17)(H,15,18). The molecule has 0 spiro atoms. The molecular weight excluding hydrogens is 246 g/mol. The Kier molecular flexibility index (Phi) is 6.49. The molecular formula is C13H21N3O3. The Balaban J connectivity index is 2.13. The van der Waals surface area contributed by atoms with Crippen LogP contribution in [0.5, 0.6) is 0 Å². The lowest BCUT2D eigenvalue weighted by molar-refractivity contribution is -0.121. The van der Waals surface area contributed by atoms with Crippen molar-refractivity contribution in [3.8, 4) is 0 Å². The molecule has 0 aromatic carbocycles. The van der Waals surface area contributed by atoms with Crippen LogP contribution in [-0.2, 0) is 9.53 Å². The van der Waals surface area contributed by atoms with Crippen LogP contribution in [0, 0.1) is 0 Å². The highest BCUT2D eigenvalue weighted by Gasteiger charge is 2.09. The average Bonchev–Trinajstić information content (AvgIpc) is 2.89. The van der Waals surface area contributed by atoms with Gasteiger partial charge in [-0.1, -0.05) is 0 Å². The van der Waals surface area contributed by atoms with Crippen LogP contribution in [-0.4, -0.2) is 36.3 Å². The zero-order valence-electron chi connectivity index (χ0n) is 11.4. The van der Waals surface area contributed by atoms with E-state index in [2.05, 4.69) is 10.6 Å². The highest BCUT2D eigenvalue weighted by atomic mass is 16.5. The third-order valence-electron chi connectivity index (χ3n) is 2.61. The predicted octanol–water partition coefficient (Wildman–Crippen LogP) is 1.30. The topological polar surface area (TPSA) is 72.4 Å². The van der Waals surface area contributed by atoms with Crippen LogP contribution in [0.1, 0.15) is 26.3 Å². The van der Waals surface area contributed by atoms with Gasteiger partial charge in [-0.25, -0.2) is 4.79 Å². The summed E-state index contributed by atoms with van der Waals surface area (Å²) in [4.78, 5) is 22.6.